The standard InChI is InChI=1S/C14H12FN3O4/c1-2-22-10-4-5-11(12(7-10)18(20)21)17-14(19)9-3-6-13(15)16-8-9/h3-8H,2H2,1H3,(H,17,19). The molecule has 0 atom stereocenters. The lowest BCUT2D eigenvalue weighted by Crippen LogP contribution is -2.13. The van der Waals surface area contributed by atoms with Crippen molar-refractivity contribution in [2.45, 2.75) is 6.92 Å². The topological polar surface area (TPSA) is 94.4 Å². The molecule has 0 aliphatic rings. The normalized spacial score (nSPS) is 10.1. The van der Waals surface area contributed by atoms with Crippen LogP contribution in [0.2, 0.25) is 0 Å². The summed E-state index contributed by atoms with van der Waals surface area (Å²) in [6.07, 6.45) is 1.05. The van der Waals surface area contributed by atoms with Gasteiger partial charge in [-0.2, -0.15) is 4.39 Å². The van der Waals surface area contributed by atoms with Gasteiger partial charge < -0.3 is 10.1 Å². The minimum Gasteiger partial charge on any atom is -0.494 e. The summed E-state index contributed by atoms with van der Waals surface area (Å²) in [5.74, 6) is -1.01. The minimum atomic E-state index is -0.719. The Kier molecular flexibility index (Phi) is 4.62. The zero-order valence-corrected chi connectivity index (χ0v) is 11.6. The first-order valence-corrected chi connectivity index (χ1v) is 6.35. The lowest BCUT2D eigenvalue weighted by molar-refractivity contribution is -0.384. The highest BCUT2D eigenvalue weighted by Gasteiger charge is 2.18. The van der Waals surface area contributed by atoms with Gasteiger partial charge in [-0.25, -0.2) is 4.98 Å². The predicted octanol–water partition coefficient (Wildman–Crippen LogP) is 2.78. The smallest absolute Gasteiger partial charge is 0.296 e. The molecule has 2 aromatic rings. The first-order chi connectivity index (χ1) is 10.5. The molecule has 0 aliphatic carbocycles. The number of nitro groups is 1. The number of benzene rings is 1. The van der Waals surface area contributed by atoms with Gasteiger partial charge in [-0.15, -0.1) is 0 Å². The number of nitrogens with zero attached hydrogens (tertiary/aromatic N) is 2. The highest BCUT2D eigenvalue weighted by molar-refractivity contribution is 6.05. The molecule has 0 unspecified atom stereocenters. The first-order valence-electron chi connectivity index (χ1n) is 6.35. The molecule has 0 fully saturated rings. The van der Waals surface area contributed by atoms with E-state index in [1.54, 1.807) is 6.92 Å². The molecule has 7 nitrogen and oxygen atoms in total. The molecule has 1 aromatic carbocycles. The molecule has 22 heavy (non-hydrogen) atoms. The Labute approximate surface area is 124 Å². The number of nitro benzene ring substituents is 1. The summed E-state index contributed by atoms with van der Waals surface area (Å²) in [5.41, 5.74) is -0.193. The van der Waals surface area contributed by atoms with Gasteiger partial charge in [0, 0.05) is 6.20 Å². The average Bonchev–Trinajstić information content (AvgIpc) is 2.49. The summed E-state index contributed by atoms with van der Waals surface area (Å²) in [6, 6.07) is 6.37. The maximum absolute atomic E-state index is 12.7. The number of hydrogen-bond acceptors (Lipinski definition) is 5. The molecule has 114 valence electrons. The molecule has 1 heterocycles. The first kappa shape index (κ1) is 15.4. The van der Waals surface area contributed by atoms with E-state index in [-0.39, 0.29) is 16.9 Å². The fourth-order valence-electron chi connectivity index (χ4n) is 1.73. The fraction of sp³-hybridized carbons (Fsp3) is 0.143. The second-order valence-corrected chi connectivity index (χ2v) is 4.19. The van der Waals surface area contributed by atoms with Crippen LogP contribution in [0.5, 0.6) is 5.75 Å². The Bertz CT molecular complexity index is 704. The van der Waals surface area contributed by atoms with Crippen LogP contribution in [-0.4, -0.2) is 22.4 Å². The molecule has 0 saturated heterocycles. The van der Waals surface area contributed by atoms with Gasteiger partial charge in [0.2, 0.25) is 5.95 Å². The Balaban J connectivity index is 2.26. The molecular formula is C14H12FN3O4. The number of carbonyl (C=O) groups is 1. The van der Waals surface area contributed by atoms with Gasteiger partial charge >= 0.3 is 0 Å². The van der Waals surface area contributed by atoms with E-state index >= 15 is 0 Å². The summed E-state index contributed by atoms with van der Waals surface area (Å²) in [6.45, 7) is 2.12. The number of pyridine rings is 1. The Hall–Kier alpha value is -3.03. The van der Waals surface area contributed by atoms with Crippen molar-refractivity contribution < 1.29 is 18.8 Å². The van der Waals surface area contributed by atoms with Crippen molar-refractivity contribution in [3.63, 3.8) is 0 Å². The molecule has 0 bridgehead atoms. The molecule has 0 saturated carbocycles. The number of ether oxygens (including phenoxy) is 1. The van der Waals surface area contributed by atoms with E-state index in [0.717, 1.165) is 12.3 Å². The molecule has 0 radical (unpaired) electrons. The van der Waals surface area contributed by atoms with E-state index < -0.39 is 16.8 Å². The highest BCUT2D eigenvalue weighted by Crippen LogP contribution is 2.29. The minimum absolute atomic E-state index is 0.0165. The van der Waals surface area contributed by atoms with Crippen LogP contribution in [0.25, 0.3) is 0 Å². The van der Waals surface area contributed by atoms with Gasteiger partial charge in [-0.3, -0.25) is 14.9 Å². The zero-order chi connectivity index (χ0) is 16.1. The molecular weight excluding hydrogens is 293 g/mol. The Morgan fingerprint density at radius 2 is 2.18 bits per heavy atom. The lowest BCUT2D eigenvalue weighted by Gasteiger charge is -2.08. The molecule has 1 amide bonds. The van der Waals surface area contributed by atoms with Crippen LogP contribution in [0.15, 0.2) is 36.5 Å². The fourth-order valence-corrected chi connectivity index (χ4v) is 1.73. The monoisotopic (exact) mass is 305 g/mol. The van der Waals surface area contributed by atoms with Crippen LogP contribution in [-0.2, 0) is 0 Å². The van der Waals surface area contributed by atoms with Gasteiger partial charge in [-0.05, 0) is 31.2 Å². The van der Waals surface area contributed by atoms with Crippen molar-refractivity contribution in [1.29, 1.82) is 0 Å². The van der Waals surface area contributed by atoms with Crippen molar-refractivity contribution in [3.05, 3.63) is 58.2 Å². The van der Waals surface area contributed by atoms with Crippen LogP contribution in [0, 0.1) is 16.1 Å². The number of amides is 1. The zero-order valence-electron chi connectivity index (χ0n) is 11.6. The van der Waals surface area contributed by atoms with Crippen LogP contribution < -0.4 is 10.1 Å². The summed E-state index contributed by atoms with van der Waals surface area (Å²) >= 11 is 0. The number of anilines is 1. The second-order valence-electron chi connectivity index (χ2n) is 4.19. The van der Waals surface area contributed by atoms with Crippen molar-refractivity contribution in [2.75, 3.05) is 11.9 Å². The molecule has 0 aliphatic heterocycles. The Morgan fingerprint density at radius 3 is 2.77 bits per heavy atom. The quantitative estimate of drug-likeness (QED) is 0.520. The second kappa shape index (κ2) is 6.61. The average molecular weight is 305 g/mol. The van der Waals surface area contributed by atoms with E-state index in [9.17, 15) is 19.3 Å². The SMILES string of the molecule is CCOc1ccc(NC(=O)c2ccc(F)nc2)c([N+](=O)[O-])c1. The number of carbonyl (C=O) groups excluding carboxylic acids is 1. The van der Waals surface area contributed by atoms with E-state index in [0.29, 0.717) is 12.4 Å². The number of rotatable bonds is 5. The van der Waals surface area contributed by atoms with E-state index in [1.165, 1.54) is 24.3 Å². The van der Waals surface area contributed by atoms with Gasteiger partial charge in [0.25, 0.3) is 11.6 Å². The number of hydrogen-bond donors (Lipinski definition) is 1. The summed E-state index contributed by atoms with van der Waals surface area (Å²) in [7, 11) is 0. The van der Waals surface area contributed by atoms with Crippen LogP contribution in [0.1, 0.15) is 17.3 Å². The largest absolute Gasteiger partial charge is 0.494 e. The summed E-state index contributed by atoms with van der Waals surface area (Å²) in [4.78, 5) is 25.8. The molecule has 8 heteroatoms. The third kappa shape index (κ3) is 3.54. The maximum Gasteiger partial charge on any atom is 0.296 e. The van der Waals surface area contributed by atoms with Gasteiger partial charge in [0.15, 0.2) is 0 Å². The molecule has 1 aromatic heterocycles. The van der Waals surface area contributed by atoms with Crippen LogP contribution >= 0.6 is 0 Å². The lowest BCUT2D eigenvalue weighted by atomic mass is 10.2. The van der Waals surface area contributed by atoms with Crippen LogP contribution in [0.4, 0.5) is 15.8 Å². The third-order valence-electron chi connectivity index (χ3n) is 2.71. The van der Waals surface area contributed by atoms with E-state index in [1.807, 2.05) is 0 Å². The van der Waals surface area contributed by atoms with Crippen molar-refractivity contribution >= 4 is 17.3 Å². The number of aromatic nitrogens is 1. The number of nitrogens with one attached hydrogen (secondary N) is 1. The predicted molar refractivity (Wildman–Crippen MR) is 76.4 cm³/mol. The van der Waals surface area contributed by atoms with E-state index in [2.05, 4.69) is 10.3 Å². The van der Waals surface area contributed by atoms with Gasteiger partial charge in [0.1, 0.15) is 11.4 Å². The van der Waals surface area contributed by atoms with Crippen molar-refractivity contribution in [2.24, 2.45) is 0 Å². The summed E-state index contributed by atoms with van der Waals surface area (Å²) < 4.78 is 17.9. The van der Waals surface area contributed by atoms with Crippen molar-refractivity contribution in [1.82, 2.24) is 4.98 Å². The molecule has 1 N–H and O–H groups in total. The van der Waals surface area contributed by atoms with Crippen molar-refractivity contribution in [3.8, 4) is 5.75 Å². The maximum atomic E-state index is 12.7. The summed E-state index contributed by atoms with van der Waals surface area (Å²) in [5, 5.41) is 13.5. The molecule has 0 spiro atoms. The highest BCUT2D eigenvalue weighted by atomic mass is 19.1. The van der Waals surface area contributed by atoms with E-state index in [4.69, 9.17) is 4.74 Å². The molecule has 2 rings (SSSR count). The third-order valence-corrected chi connectivity index (χ3v) is 2.71. The number of halogens is 1. The van der Waals surface area contributed by atoms with Gasteiger partial charge in [-0.1, -0.05) is 0 Å². The van der Waals surface area contributed by atoms with Crippen LogP contribution in [0.3, 0.4) is 0 Å². The van der Waals surface area contributed by atoms with Gasteiger partial charge in [0.05, 0.1) is 23.2 Å². The Morgan fingerprint density at radius 1 is 1.41 bits per heavy atom.